The topological polar surface area (TPSA) is 113 Å². The lowest BCUT2D eigenvalue weighted by Gasteiger charge is -2.46. The summed E-state index contributed by atoms with van der Waals surface area (Å²) in [7, 11) is 1.85. The number of urea groups is 1. The zero-order valence-electron chi connectivity index (χ0n) is 30.2. The molecule has 1 saturated heterocycles. The maximum Gasteiger partial charge on any atom is 0.330 e. The molecule has 276 valence electrons. The SMILES string of the molecule is CO[C@H]1/C=C\COC(C)(C)C(=O)N=S(=O)(NC(=O)N2CC(N(C)C)C2)c2ccc3c(c2)N(C[C@@H]2CC[C@H]21)C[C@@]1(CCCc2cc(Cl)ccc21)CO3. The van der Waals surface area contributed by atoms with Crippen molar-refractivity contribution in [1.29, 1.82) is 0 Å². The van der Waals surface area contributed by atoms with Crippen LogP contribution in [0.15, 0.2) is 57.8 Å². The van der Waals surface area contributed by atoms with E-state index in [9.17, 15) is 9.59 Å². The van der Waals surface area contributed by atoms with Gasteiger partial charge in [-0.2, -0.15) is 0 Å². The van der Waals surface area contributed by atoms with Gasteiger partial charge in [0.15, 0.2) is 9.92 Å². The first-order chi connectivity index (χ1) is 24.3. The van der Waals surface area contributed by atoms with Crippen molar-refractivity contribution in [2.45, 2.75) is 74.0 Å². The Morgan fingerprint density at radius 3 is 2.67 bits per heavy atom. The first kappa shape index (κ1) is 36.2. The van der Waals surface area contributed by atoms with Crippen molar-refractivity contribution in [3.05, 3.63) is 64.7 Å². The van der Waals surface area contributed by atoms with Crippen LogP contribution in [0.1, 0.15) is 50.7 Å². The molecule has 1 unspecified atom stereocenters. The number of methoxy groups -OCH3 is 1. The van der Waals surface area contributed by atoms with Gasteiger partial charge in [0.2, 0.25) is 0 Å². The minimum Gasteiger partial charge on any atom is -0.490 e. The number of hydrogen-bond acceptors (Lipinski definition) is 8. The van der Waals surface area contributed by atoms with Gasteiger partial charge in [0.05, 0.1) is 29.9 Å². The lowest BCUT2D eigenvalue weighted by Crippen LogP contribution is -2.61. The van der Waals surface area contributed by atoms with Crippen LogP contribution in [-0.2, 0) is 36.0 Å². The van der Waals surface area contributed by atoms with Crippen LogP contribution in [0.2, 0.25) is 5.02 Å². The number of anilines is 1. The molecule has 5 atom stereocenters. The summed E-state index contributed by atoms with van der Waals surface area (Å²) < 4.78 is 40.7. The Balaban J connectivity index is 1.33. The number of fused-ring (bicyclic) bond motifs is 4. The summed E-state index contributed by atoms with van der Waals surface area (Å²) >= 11 is 6.47. The summed E-state index contributed by atoms with van der Waals surface area (Å²) in [5.41, 5.74) is 1.57. The third-order valence-corrected chi connectivity index (χ3v) is 13.7. The Morgan fingerprint density at radius 2 is 1.94 bits per heavy atom. The number of ether oxygens (including phenoxy) is 3. The Labute approximate surface area is 306 Å². The number of likely N-dealkylation sites (tertiary alicyclic amines) is 1. The van der Waals surface area contributed by atoms with Crippen molar-refractivity contribution in [1.82, 2.24) is 14.5 Å². The molecule has 3 amide bonds. The van der Waals surface area contributed by atoms with Gasteiger partial charge in [-0.25, -0.2) is 13.7 Å². The number of nitrogens with zero attached hydrogens (tertiary/aromatic N) is 4. The summed E-state index contributed by atoms with van der Waals surface area (Å²) in [4.78, 5) is 33.6. The number of aryl methyl sites for hydroxylation is 1. The van der Waals surface area contributed by atoms with E-state index in [4.69, 9.17) is 25.8 Å². The Morgan fingerprint density at radius 1 is 1.14 bits per heavy atom. The van der Waals surface area contributed by atoms with Crippen LogP contribution in [0, 0.1) is 11.8 Å². The van der Waals surface area contributed by atoms with E-state index in [1.165, 1.54) is 11.1 Å². The summed E-state index contributed by atoms with van der Waals surface area (Å²) in [6, 6.07) is 11.1. The molecule has 2 fully saturated rings. The third-order valence-electron chi connectivity index (χ3n) is 11.7. The van der Waals surface area contributed by atoms with Crippen LogP contribution in [0.4, 0.5) is 10.5 Å². The fraction of sp³-hybridized carbons (Fsp3) is 0.579. The van der Waals surface area contributed by atoms with E-state index in [0.717, 1.165) is 49.4 Å². The number of amides is 3. The lowest BCUT2D eigenvalue weighted by molar-refractivity contribution is -0.137. The molecule has 2 aromatic carbocycles. The van der Waals surface area contributed by atoms with Crippen LogP contribution in [0.5, 0.6) is 5.75 Å². The van der Waals surface area contributed by atoms with E-state index in [1.54, 1.807) is 38.0 Å². The molecule has 0 aromatic heterocycles. The van der Waals surface area contributed by atoms with Crippen molar-refractivity contribution < 1.29 is 28.0 Å². The van der Waals surface area contributed by atoms with E-state index < -0.39 is 27.5 Å². The number of benzene rings is 2. The average Bonchev–Trinajstić information content (AvgIpc) is 3.19. The molecule has 5 aliphatic rings. The average molecular weight is 740 g/mol. The molecular weight excluding hydrogens is 690 g/mol. The quantitative estimate of drug-likeness (QED) is 0.415. The Hall–Kier alpha value is -3.16. The molecule has 2 aliphatic carbocycles. The smallest absolute Gasteiger partial charge is 0.330 e. The molecule has 3 aliphatic heterocycles. The van der Waals surface area contributed by atoms with Crippen molar-refractivity contribution in [3.8, 4) is 5.75 Å². The van der Waals surface area contributed by atoms with Gasteiger partial charge in [0.1, 0.15) is 11.4 Å². The fourth-order valence-electron chi connectivity index (χ4n) is 8.20. The molecule has 13 heteroatoms. The van der Waals surface area contributed by atoms with Crippen molar-refractivity contribution in [3.63, 3.8) is 0 Å². The number of carbonyl (C=O) groups is 2. The van der Waals surface area contributed by atoms with Crippen molar-refractivity contribution in [2.75, 3.05) is 65.5 Å². The highest BCUT2D eigenvalue weighted by Crippen LogP contribution is 2.47. The highest BCUT2D eigenvalue weighted by atomic mass is 35.5. The first-order valence-electron chi connectivity index (χ1n) is 18.0. The molecule has 3 heterocycles. The summed E-state index contributed by atoms with van der Waals surface area (Å²) in [5.74, 6) is 0.552. The zero-order valence-corrected chi connectivity index (χ0v) is 31.8. The normalized spacial score (nSPS) is 31.3. The van der Waals surface area contributed by atoms with E-state index in [0.29, 0.717) is 43.8 Å². The van der Waals surface area contributed by atoms with Crippen LogP contribution in [-0.4, -0.2) is 104 Å². The zero-order chi connectivity index (χ0) is 36.1. The van der Waals surface area contributed by atoms with E-state index in [2.05, 4.69) is 26.1 Å². The van der Waals surface area contributed by atoms with E-state index in [1.807, 2.05) is 43.3 Å². The molecule has 11 nitrogen and oxygen atoms in total. The van der Waals surface area contributed by atoms with Crippen LogP contribution >= 0.6 is 11.6 Å². The van der Waals surface area contributed by atoms with Gasteiger partial charge >= 0.3 is 6.03 Å². The van der Waals surface area contributed by atoms with Gasteiger partial charge in [0.25, 0.3) is 5.91 Å². The highest BCUT2D eigenvalue weighted by Gasteiger charge is 2.45. The molecule has 2 aromatic rings. The van der Waals surface area contributed by atoms with Gasteiger partial charge in [-0.3, -0.25) is 4.79 Å². The van der Waals surface area contributed by atoms with Crippen molar-refractivity contribution >= 4 is 39.1 Å². The second-order valence-electron chi connectivity index (χ2n) is 15.5. The number of hydrogen-bond donors (Lipinski definition) is 1. The number of halogens is 1. The van der Waals surface area contributed by atoms with Crippen LogP contribution in [0.25, 0.3) is 0 Å². The minimum atomic E-state index is -3.81. The second-order valence-corrected chi connectivity index (χ2v) is 17.9. The van der Waals surface area contributed by atoms with Crippen LogP contribution in [0.3, 0.4) is 0 Å². The Bertz CT molecular complexity index is 1840. The standard InChI is InChI=1S/C38H50ClN5O6S/c1-37(2)35(45)40-51(47,41-36(46)43-21-28(22-43)42(3)4)29-12-15-34-32(19-29)44(20-26-10-13-30(26)33(48-5)9-7-17-50-37)23-38(24-49-34)16-6-8-25-18-27(39)11-14-31(25)38/h7,9,11-12,14-15,18-19,26,28,30,33H,6,8,10,13,16-17,20-24H2,1-5H3,(H,40,41,45,46,47)/b9-7-/t26-,30+,33-,38-,51?/m0/s1. The monoisotopic (exact) mass is 739 g/mol. The maximum atomic E-state index is 15.1. The molecular formula is C38H50ClN5O6S. The molecule has 1 saturated carbocycles. The molecule has 2 bridgehead atoms. The number of rotatable bonds is 3. The molecule has 0 radical (unpaired) electrons. The predicted molar refractivity (Wildman–Crippen MR) is 198 cm³/mol. The summed E-state index contributed by atoms with van der Waals surface area (Å²) in [6.07, 6.45) is 8.81. The van der Waals surface area contributed by atoms with Crippen molar-refractivity contribution in [2.24, 2.45) is 16.2 Å². The number of likely N-dealkylation sites (N-methyl/N-ethyl adjacent to an activating group) is 1. The third kappa shape index (κ3) is 7.02. The largest absolute Gasteiger partial charge is 0.490 e. The van der Waals surface area contributed by atoms with Gasteiger partial charge in [-0.05, 0) is 113 Å². The second kappa shape index (κ2) is 14.0. The van der Waals surface area contributed by atoms with Crippen LogP contribution < -0.4 is 14.4 Å². The van der Waals surface area contributed by atoms with Gasteiger partial charge < -0.3 is 28.9 Å². The molecule has 1 spiro atoms. The summed E-state index contributed by atoms with van der Waals surface area (Å²) in [6.45, 7) is 6.20. The predicted octanol–water partition coefficient (Wildman–Crippen LogP) is 5.44. The van der Waals surface area contributed by atoms with E-state index >= 15 is 4.21 Å². The lowest BCUT2D eigenvalue weighted by atomic mass is 9.68. The maximum absolute atomic E-state index is 15.1. The fourth-order valence-corrected chi connectivity index (χ4v) is 10.0. The molecule has 1 N–H and O–H groups in total. The number of carbonyl (C=O) groups excluding carboxylic acids is 2. The van der Waals surface area contributed by atoms with Gasteiger partial charge in [-0.1, -0.05) is 29.8 Å². The van der Waals surface area contributed by atoms with Gasteiger partial charge in [-0.15, -0.1) is 4.36 Å². The highest BCUT2D eigenvalue weighted by molar-refractivity contribution is 7.92. The van der Waals surface area contributed by atoms with E-state index in [-0.39, 0.29) is 29.1 Å². The molecule has 51 heavy (non-hydrogen) atoms. The Kier molecular flexibility index (Phi) is 9.94. The number of nitrogens with one attached hydrogen (secondary N) is 1. The first-order valence-corrected chi connectivity index (χ1v) is 19.9. The minimum absolute atomic E-state index is 0.105. The van der Waals surface area contributed by atoms with Gasteiger partial charge in [0, 0.05) is 49.8 Å². The summed E-state index contributed by atoms with van der Waals surface area (Å²) in [5, 5.41) is 0.730. The molecule has 7 rings (SSSR count).